The number of benzene rings is 2. The van der Waals surface area contributed by atoms with Crippen molar-refractivity contribution in [2.24, 2.45) is 5.92 Å². The molecular weight excluding hydrogens is 332 g/mol. The van der Waals surface area contributed by atoms with Crippen molar-refractivity contribution < 1.29 is 9.53 Å². The summed E-state index contributed by atoms with van der Waals surface area (Å²) >= 11 is 0. The molecule has 2 aromatic rings. The standard InChI is InChI=1S/C25H28O2/c1-19(17-20(2)26)18-23-11-9-21(10-12-23)7-8-22-13-15-25(16-14-22)27-24-5-3-4-6-24/h9-16,19,24H,3-6,17-18H2,1-2H3. The second-order valence-corrected chi connectivity index (χ2v) is 7.71. The lowest BCUT2D eigenvalue weighted by Crippen LogP contribution is -2.10. The fraction of sp³-hybridized carbons (Fsp3) is 0.400. The van der Waals surface area contributed by atoms with Gasteiger partial charge in [0.2, 0.25) is 0 Å². The minimum atomic E-state index is 0.254. The highest BCUT2D eigenvalue weighted by Crippen LogP contribution is 2.24. The Hall–Kier alpha value is -2.53. The van der Waals surface area contributed by atoms with Gasteiger partial charge in [0.1, 0.15) is 11.5 Å². The third-order valence-electron chi connectivity index (χ3n) is 4.98. The largest absolute Gasteiger partial charge is 0.490 e. The molecule has 1 saturated carbocycles. The Bertz CT molecular complexity index is 800. The second kappa shape index (κ2) is 9.42. The Morgan fingerprint density at radius 2 is 1.56 bits per heavy atom. The minimum Gasteiger partial charge on any atom is -0.490 e. The Kier molecular flexibility index (Phi) is 6.71. The van der Waals surface area contributed by atoms with Gasteiger partial charge in [0.25, 0.3) is 0 Å². The first-order valence-electron chi connectivity index (χ1n) is 9.95. The van der Waals surface area contributed by atoms with Crippen LogP contribution < -0.4 is 4.74 Å². The molecule has 0 bridgehead atoms. The molecule has 1 fully saturated rings. The van der Waals surface area contributed by atoms with E-state index in [1.165, 1.54) is 31.2 Å². The maximum absolute atomic E-state index is 11.2. The molecule has 0 aromatic heterocycles. The molecule has 0 aliphatic heterocycles. The third kappa shape index (κ3) is 6.29. The lowest BCUT2D eigenvalue weighted by atomic mass is 9.96. The van der Waals surface area contributed by atoms with Crippen LogP contribution in [0.15, 0.2) is 48.5 Å². The summed E-state index contributed by atoms with van der Waals surface area (Å²) in [5, 5.41) is 0. The summed E-state index contributed by atoms with van der Waals surface area (Å²) in [6, 6.07) is 16.4. The van der Waals surface area contributed by atoms with E-state index in [0.29, 0.717) is 18.4 Å². The number of carbonyl (C=O) groups is 1. The van der Waals surface area contributed by atoms with Crippen molar-refractivity contribution in [1.29, 1.82) is 0 Å². The lowest BCUT2D eigenvalue weighted by Gasteiger charge is -2.12. The molecule has 1 aliphatic rings. The van der Waals surface area contributed by atoms with E-state index >= 15 is 0 Å². The van der Waals surface area contributed by atoms with Crippen LogP contribution in [0, 0.1) is 17.8 Å². The molecular formula is C25H28O2. The van der Waals surface area contributed by atoms with Gasteiger partial charge in [-0.05, 0) is 86.9 Å². The van der Waals surface area contributed by atoms with Crippen LogP contribution >= 0.6 is 0 Å². The van der Waals surface area contributed by atoms with Crippen LogP contribution in [0.4, 0.5) is 0 Å². The first kappa shape index (κ1) is 19.2. The minimum absolute atomic E-state index is 0.254. The van der Waals surface area contributed by atoms with Gasteiger partial charge in [0.15, 0.2) is 0 Å². The van der Waals surface area contributed by atoms with Crippen LogP contribution in [0.1, 0.15) is 62.6 Å². The zero-order valence-electron chi connectivity index (χ0n) is 16.3. The molecule has 27 heavy (non-hydrogen) atoms. The van der Waals surface area contributed by atoms with Crippen LogP contribution in [0.3, 0.4) is 0 Å². The summed E-state index contributed by atoms with van der Waals surface area (Å²) in [5.41, 5.74) is 3.25. The van der Waals surface area contributed by atoms with Crippen LogP contribution in [-0.2, 0) is 11.2 Å². The molecule has 1 atom stereocenters. The molecule has 2 nitrogen and oxygen atoms in total. The maximum atomic E-state index is 11.2. The average molecular weight is 360 g/mol. The Morgan fingerprint density at radius 1 is 1.00 bits per heavy atom. The van der Waals surface area contributed by atoms with Crippen molar-refractivity contribution in [1.82, 2.24) is 0 Å². The topological polar surface area (TPSA) is 26.3 Å². The smallest absolute Gasteiger partial charge is 0.130 e. The normalized spacial score (nSPS) is 15.0. The highest BCUT2D eigenvalue weighted by Gasteiger charge is 2.16. The fourth-order valence-electron chi connectivity index (χ4n) is 3.65. The molecule has 0 spiro atoms. The Balaban J connectivity index is 1.56. The van der Waals surface area contributed by atoms with E-state index in [2.05, 4.69) is 43.0 Å². The van der Waals surface area contributed by atoms with Gasteiger partial charge in [0.05, 0.1) is 6.10 Å². The van der Waals surface area contributed by atoms with Crippen molar-refractivity contribution in [2.75, 3.05) is 0 Å². The number of hydrogen-bond acceptors (Lipinski definition) is 2. The zero-order chi connectivity index (χ0) is 19.1. The van der Waals surface area contributed by atoms with E-state index in [1.54, 1.807) is 6.92 Å². The highest BCUT2D eigenvalue weighted by molar-refractivity contribution is 5.75. The third-order valence-corrected chi connectivity index (χ3v) is 4.98. The quantitative estimate of drug-likeness (QED) is 0.630. The number of hydrogen-bond donors (Lipinski definition) is 0. The van der Waals surface area contributed by atoms with Gasteiger partial charge in [-0.15, -0.1) is 0 Å². The van der Waals surface area contributed by atoms with Crippen molar-refractivity contribution in [3.63, 3.8) is 0 Å². The van der Waals surface area contributed by atoms with E-state index in [9.17, 15) is 4.79 Å². The monoisotopic (exact) mass is 360 g/mol. The number of ketones is 1. The summed E-state index contributed by atoms with van der Waals surface area (Å²) < 4.78 is 5.99. The van der Waals surface area contributed by atoms with Crippen molar-refractivity contribution in [3.05, 3.63) is 65.2 Å². The summed E-state index contributed by atoms with van der Waals surface area (Å²) in [5.74, 6) is 8.01. The Morgan fingerprint density at radius 3 is 2.11 bits per heavy atom. The maximum Gasteiger partial charge on any atom is 0.130 e. The molecule has 2 aromatic carbocycles. The van der Waals surface area contributed by atoms with Gasteiger partial charge >= 0.3 is 0 Å². The van der Waals surface area contributed by atoms with Crippen LogP contribution in [0.5, 0.6) is 5.75 Å². The number of Topliss-reactive ketones (excluding diaryl/α,β-unsaturated/α-hetero) is 1. The van der Waals surface area contributed by atoms with Gasteiger partial charge in [-0.2, -0.15) is 0 Å². The molecule has 0 heterocycles. The molecule has 1 unspecified atom stereocenters. The molecule has 0 saturated heterocycles. The number of rotatable bonds is 6. The first-order chi connectivity index (χ1) is 13.1. The van der Waals surface area contributed by atoms with E-state index in [1.807, 2.05) is 24.3 Å². The van der Waals surface area contributed by atoms with Gasteiger partial charge in [-0.1, -0.05) is 30.9 Å². The van der Waals surface area contributed by atoms with E-state index in [4.69, 9.17) is 4.74 Å². The first-order valence-corrected chi connectivity index (χ1v) is 9.95. The summed E-state index contributed by atoms with van der Waals surface area (Å²) in [6.07, 6.45) is 6.86. The average Bonchev–Trinajstić information content (AvgIpc) is 3.15. The Labute approximate surface area is 163 Å². The predicted molar refractivity (Wildman–Crippen MR) is 110 cm³/mol. The van der Waals surface area contributed by atoms with E-state index in [0.717, 1.165) is 23.3 Å². The van der Waals surface area contributed by atoms with Crippen molar-refractivity contribution in [2.45, 2.75) is 58.5 Å². The molecule has 3 rings (SSSR count). The van der Waals surface area contributed by atoms with Crippen molar-refractivity contribution in [3.8, 4) is 17.6 Å². The molecule has 0 radical (unpaired) electrons. The van der Waals surface area contributed by atoms with Gasteiger partial charge < -0.3 is 9.53 Å². The summed E-state index contributed by atoms with van der Waals surface area (Å²) in [7, 11) is 0. The zero-order valence-corrected chi connectivity index (χ0v) is 16.3. The van der Waals surface area contributed by atoms with Crippen LogP contribution in [-0.4, -0.2) is 11.9 Å². The van der Waals surface area contributed by atoms with E-state index in [-0.39, 0.29) is 5.78 Å². The number of carbonyl (C=O) groups excluding carboxylic acids is 1. The van der Waals surface area contributed by atoms with Gasteiger partial charge in [0, 0.05) is 17.5 Å². The van der Waals surface area contributed by atoms with Crippen molar-refractivity contribution >= 4 is 5.78 Å². The van der Waals surface area contributed by atoms with Crippen LogP contribution in [0.2, 0.25) is 0 Å². The molecule has 0 N–H and O–H groups in total. The molecule has 1 aliphatic carbocycles. The van der Waals surface area contributed by atoms with Gasteiger partial charge in [-0.25, -0.2) is 0 Å². The van der Waals surface area contributed by atoms with Gasteiger partial charge in [-0.3, -0.25) is 0 Å². The highest BCUT2D eigenvalue weighted by atomic mass is 16.5. The molecule has 0 amide bonds. The fourth-order valence-corrected chi connectivity index (χ4v) is 3.65. The molecule has 2 heteroatoms. The molecule has 140 valence electrons. The number of ether oxygens (including phenoxy) is 1. The SMILES string of the molecule is CC(=O)CC(C)Cc1ccc(C#Cc2ccc(OC3CCCC3)cc2)cc1. The summed E-state index contributed by atoms with van der Waals surface area (Å²) in [6.45, 7) is 3.78. The van der Waals surface area contributed by atoms with Crippen LogP contribution in [0.25, 0.3) is 0 Å². The predicted octanol–water partition coefficient (Wildman–Crippen LogP) is 5.57. The summed E-state index contributed by atoms with van der Waals surface area (Å²) in [4.78, 5) is 11.2. The van der Waals surface area contributed by atoms with E-state index < -0.39 is 0 Å². The lowest BCUT2D eigenvalue weighted by molar-refractivity contribution is -0.117. The second-order valence-electron chi connectivity index (χ2n) is 7.71.